The summed E-state index contributed by atoms with van der Waals surface area (Å²) in [5.41, 5.74) is 4.87. The van der Waals surface area contributed by atoms with Crippen molar-refractivity contribution in [3.05, 3.63) is 0 Å². The number of amides is 1. The topological polar surface area (TPSA) is 83.6 Å². The molecule has 0 saturated heterocycles. The smallest absolute Gasteiger partial charge is 0.317 e. The first-order valence-electron chi connectivity index (χ1n) is 3.28. The average molecular weight is 160 g/mol. The van der Waals surface area contributed by atoms with Crippen molar-refractivity contribution in [3.8, 4) is 0 Å². The monoisotopic (exact) mass is 160 g/mol. The Kier molecular flexibility index (Phi) is 4.21. The summed E-state index contributed by atoms with van der Waals surface area (Å²) in [6, 6.07) is 0. The summed E-state index contributed by atoms with van der Waals surface area (Å²) >= 11 is 0. The molecule has 0 aromatic rings. The molecule has 0 atom stereocenters. The van der Waals surface area contributed by atoms with Gasteiger partial charge in [0.2, 0.25) is 5.91 Å². The number of nitrogens with zero attached hydrogens (tertiary/aromatic N) is 1. The van der Waals surface area contributed by atoms with Crippen LogP contribution in [0.5, 0.6) is 0 Å². The maximum Gasteiger partial charge on any atom is 0.317 e. The molecule has 3 N–H and O–H groups in total. The highest BCUT2D eigenvalue weighted by Gasteiger charge is 2.08. The summed E-state index contributed by atoms with van der Waals surface area (Å²) in [6.45, 7) is 2.14. The molecule has 0 saturated carbocycles. The highest BCUT2D eigenvalue weighted by Crippen LogP contribution is 1.85. The molecule has 0 bridgehead atoms. The lowest BCUT2D eigenvalue weighted by Crippen LogP contribution is -2.37. The van der Waals surface area contributed by atoms with Crippen LogP contribution in [0.3, 0.4) is 0 Å². The predicted octanol–water partition coefficient (Wildman–Crippen LogP) is -1.12. The van der Waals surface area contributed by atoms with Crippen molar-refractivity contribution >= 4 is 11.9 Å². The van der Waals surface area contributed by atoms with E-state index in [4.69, 9.17) is 10.8 Å². The van der Waals surface area contributed by atoms with Gasteiger partial charge in [0, 0.05) is 0 Å². The fourth-order valence-corrected chi connectivity index (χ4v) is 0.691. The molecule has 0 aliphatic rings. The zero-order valence-corrected chi connectivity index (χ0v) is 6.41. The van der Waals surface area contributed by atoms with Crippen LogP contribution in [-0.4, -0.2) is 41.5 Å². The van der Waals surface area contributed by atoms with Crippen molar-refractivity contribution in [3.63, 3.8) is 0 Å². The first kappa shape index (κ1) is 9.90. The normalized spacial score (nSPS) is 10.0. The van der Waals surface area contributed by atoms with Crippen LogP contribution in [0.1, 0.15) is 6.92 Å². The van der Waals surface area contributed by atoms with Gasteiger partial charge in [-0.15, -0.1) is 0 Å². The minimum atomic E-state index is -0.951. The number of primary amides is 1. The molecular weight excluding hydrogens is 148 g/mol. The zero-order valence-electron chi connectivity index (χ0n) is 6.41. The van der Waals surface area contributed by atoms with Crippen molar-refractivity contribution in [2.45, 2.75) is 6.92 Å². The summed E-state index contributed by atoms with van der Waals surface area (Å²) in [4.78, 5) is 21.9. The second kappa shape index (κ2) is 4.68. The third kappa shape index (κ3) is 5.35. The molecule has 0 spiro atoms. The van der Waals surface area contributed by atoms with Crippen molar-refractivity contribution < 1.29 is 14.7 Å². The molecule has 11 heavy (non-hydrogen) atoms. The highest BCUT2D eigenvalue weighted by atomic mass is 16.4. The number of hydrogen-bond donors (Lipinski definition) is 2. The van der Waals surface area contributed by atoms with Crippen LogP contribution in [0.15, 0.2) is 0 Å². The summed E-state index contributed by atoms with van der Waals surface area (Å²) < 4.78 is 0. The van der Waals surface area contributed by atoms with Crippen LogP contribution in [-0.2, 0) is 9.59 Å². The molecule has 64 valence electrons. The number of carboxylic acid groups (broad SMARTS) is 1. The average Bonchev–Trinajstić information content (AvgIpc) is 1.84. The van der Waals surface area contributed by atoms with Gasteiger partial charge in [0.1, 0.15) is 0 Å². The van der Waals surface area contributed by atoms with E-state index in [0.717, 1.165) is 0 Å². The zero-order chi connectivity index (χ0) is 8.85. The molecule has 0 unspecified atom stereocenters. The third-order valence-electron chi connectivity index (χ3n) is 1.19. The van der Waals surface area contributed by atoms with Gasteiger partial charge in [-0.05, 0) is 6.54 Å². The van der Waals surface area contributed by atoms with Gasteiger partial charge in [0.15, 0.2) is 0 Å². The molecule has 5 nitrogen and oxygen atoms in total. The fraction of sp³-hybridized carbons (Fsp3) is 0.667. The number of carbonyl (C=O) groups excluding carboxylic acids is 1. The summed E-state index contributed by atoms with van der Waals surface area (Å²) in [5, 5.41) is 8.33. The van der Waals surface area contributed by atoms with E-state index < -0.39 is 11.9 Å². The van der Waals surface area contributed by atoms with Crippen LogP contribution in [0.4, 0.5) is 0 Å². The molecule has 0 aliphatic carbocycles. The number of nitrogens with two attached hydrogens (primary N) is 1. The molecule has 5 heteroatoms. The van der Waals surface area contributed by atoms with Crippen LogP contribution in [0.2, 0.25) is 0 Å². The Bertz CT molecular complexity index is 142. The minimum absolute atomic E-state index is 0.00278. The van der Waals surface area contributed by atoms with E-state index in [1.807, 2.05) is 0 Å². The molecule has 0 radical (unpaired) electrons. The maximum absolute atomic E-state index is 10.3. The lowest BCUT2D eigenvalue weighted by Gasteiger charge is -2.14. The molecule has 0 aromatic heterocycles. The Morgan fingerprint density at radius 3 is 2.27 bits per heavy atom. The minimum Gasteiger partial charge on any atom is -0.480 e. The lowest BCUT2D eigenvalue weighted by atomic mass is 10.4. The van der Waals surface area contributed by atoms with Crippen LogP contribution in [0.25, 0.3) is 0 Å². The van der Waals surface area contributed by atoms with Crippen LogP contribution < -0.4 is 5.73 Å². The van der Waals surface area contributed by atoms with Crippen molar-refractivity contribution in [1.29, 1.82) is 0 Å². The molecule has 0 aliphatic heterocycles. The van der Waals surface area contributed by atoms with E-state index in [2.05, 4.69) is 0 Å². The molecule has 0 heterocycles. The van der Waals surface area contributed by atoms with Crippen molar-refractivity contribution in [2.75, 3.05) is 19.6 Å². The number of rotatable bonds is 5. The van der Waals surface area contributed by atoms with Gasteiger partial charge in [-0.3, -0.25) is 14.5 Å². The number of aliphatic carboxylic acids is 1. The Labute approximate surface area is 64.8 Å². The number of carbonyl (C=O) groups is 2. The second-order valence-electron chi connectivity index (χ2n) is 2.16. The van der Waals surface area contributed by atoms with Gasteiger partial charge in [-0.1, -0.05) is 6.92 Å². The first-order valence-corrected chi connectivity index (χ1v) is 3.28. The van der Waals surface area contributed by atoms with Crippen LogP contribution in [0, 0.1) is 0 Å². The Morgan fingerprint density at radius 1 is 1.45 bits per heavy atom. The molecular formula is C6H12N2O3. The van der Waals surface area contributed by atoms with Gasteiger partial charge in [0.05, 0.1) is 13.1 Å². The van der Waals surface area contributed by atoms with E-state index >= 15 is 0 Å². The predicted molar refractivity (Wildman–Crippen MR) is 38.9 cm³/mol. The molecule has 1 amide bonds. The standard InChI is InChI=1S/C6H12N2O3/c1-2-8(3-5(7)9)4-6(10)11/h2-4H2,1H3,(H2,7,9)(H,10,11). The Hall–Kier alpha value is -1.10. The Morgan fingerprint density at radius 2 is 2.00 bits per heavy atom. The van der Waals surface area contributed by atoms with E-state index in [9.17, 15) is 9.59 Å². The van der Waals surface area contributed by atoms with Crippen LogP contribution >= 0.6 is 0 Å². The van der Waals surface area contributed by atoms with Gasteiger partial charge >= 0.3 is 5.97 Å². The largest absolute Gasteiger partial charge is 0.480 e. The summed E-state index contributed by atoms with van der Waals surface area (Å²) in [5.74, 6) is -1.46. The number of hydrogen-bond acceptors (Lipinski definition) is 3. The van der Waals surface area contributed by atoms with Gasteiger partial charge < -0.3 is 10.8 Å². The molecule has 0 rings (SSSR count). The van der Waals surface area contributed by atoms with E-state index in [1.54, 1.807) is 6.92 Å². The highest BCUT2D eigenvalue weighted by molar-refractivity contribution is 5.77. The summed E-state index contributed by atoms with van der Waals surface area (Å²) in [7, 11) is 0. The van der Waals surface area contributed by atoms with Gasteiger partial charge in [-0.25, -0.2) is 0 Å². The van der Waals surface area contributed by atoms with E-state index in [-0.39, 0.29) is 13.1 Å². The Balaban J connectivity index is 3.76. The maximum atomic E-state index is 10.3. The molecule has 0 aromatic carbocycles. The fourth-order valence-electron chi connectivity index (χ4n) is 0.691. The van der Waals surface area contributed by atoms with E-state index in [0.29, 0.717) is 6.54 Å². The van der Waals surface area contributed by atoms with Gasteiger partial charge in [-0.2, -0.15) is 0 Å². The van der Waals surface area contributed by atoms with E-state index in [1.165, 1.54) is 4.90 Å². The number of likely N-dealkylation sites (N-methyl/N-ethyl adjacent to an activating group) is 1. The third-order valence-corrected chi connectivity index (χ3v) is 1.19. The SMILES string of the molecule is CCN(CC(N)=O)CC(=O)O. The lowest BCUT2D eigenvalue weighted by molar-refractivity contribution is -0.138. The first-order chi connectivity index (χ1) is 5.06. The quantitative estimate of drug-likeness (QED) is 0.533. The van der Waals surface area contributed by atoms with Crippen molar-refractivity contribution in [1.82, 2.24) is 4.90 Å². The number of carboxylic acids is 1. The second-order valence-corrected chi connectivity index (χ2v) is 2.16. The van der Waals surface area contributed by atoms with Crippen molar-refractivity contribution in [2.24, 2.45) is 5.73 Å². The summed E-state index contributed by atoms with van der Waals surface area (Å²) in [6.07, 6.45) is 0. The molecule has 0 fully saturated rings. The van der Waals surface area contributed by atoms with Gasteiger partial charge in [0.25, 0.3) is 0 Å².